The highest BCUT2D eigenvalue weighted by molar-refractivity contribution is 7.99. The quantitative estimate of drug-likeness (QED) is 0.176. The fraction of sp³-hybridized carbons (Fsp3) is 0.476. The zero-order valence-electron chi connectivity index (χ0n) is 20.6. The summed E-state index contributed by atoms with van der Waals surface area (Å²) in [6, 6.07) is 5.33. The Morgan fingerprint density at radius 2 is 1.73 bits per heavy atom. The van der Waals surface area contributed by atoms with Gasteiger partial charge >= 0.3 is 19.9 Å². The number of nitrogens with two attached hydrogens (primary N) is 1. The maximum absolute atomic E-state index is 12.5. The number of alkyl halides is 6. The molecule has 0 saturated heterocycles. The predicted molar refractivity (Wildman–Crippen MR) is 128 cm³/mol. The Labute approximate surface area is 226 Å². The molecule has 1 atom stereocenters. The van der Waals surface area contributed by atoms with Crippen molar-refractivity contribution in [2.45, 2.75) is 41.8 Å². The summed E-state index contributed by atoms with van der Waals surface area (Å²) in [5.41, 5.74) is 6.55. The van der Waals surface area contributed by atoms with Crippen LogP contribution in [0.3, 0.4) is 0 Å². The fourth-order valence-corrected chi connectivity index (χ4v) is 5.59. The summed E-state index contributed by atoms with van der Waals surface area (Å²) in [6.07, 6.45) is -10.6. The van der Waals surface area contributed by atoms with Crippen LogP contribution in [0.1, 0.15) is 6.92 Å². The molecule has 0 amide bonds. The summed E-state index contributed by atoms with van der Waals surface area (Å²) in [5.74, 6) is 1.11. The van der Waals surface area contributed by atoms with Crippen molar-refractivity contribution in [3.8, 4) is 11.5 Å². The van der Waals surface area contributed by atoms with E-state index in [-0.39, 0.29) is 18.1 Å². The third kappa shape index (κ3) is 8.36. The zero-order chi connectivity index (χ0) is 29.1. The first kappa shape index (κ1) is 30.2. The number of hydrogen-bond donors (Lipinski definition) is 1. The van der Waals surface area contributed by atoms with Gasteiger partial charge in [0, 0.05) is 4.90 Å². The summed E-state index contributed by atoms with van der Waals surface area (Å²) < 4.78 is 114. The van der Waals surface area contributed by atoms with E-state index in [1.54, 1.807) is 18.2 Å². The third-order valence-corrected chi connectivity index (χ3v) is 7.48. The van der Waals surface area contributed by atoms with E-state index in [0.717, 1.165) is 4.90 Å². The van der Waals surface area contributed by atoms with Crippen LogP contribution in [0, 0.1) is 0 Å². The topological polar surface area (TPSA) is 133 Å². The predicted octanol–water partition coefficient (Wildman–Crippen LogP) is 5.04. The van der Waals surface area contributed by atoms with Crippen LogP contribution in [0.4, 0.5) is 32.3 Å². The number of hydrogen-bond acceptors (Lipinski definition) is 11. The van der Waals surface area contributed by atoms with E-state index >= 15 is 0 Å². The smallest absolute Gasteiger partial charge is 0.412 e. The van der Waals surface area contributed by atoms with Crippen LogP contribution in [-0.4, -0.2) is 70.8 Å². The molecule has 2 N–H and O–H groups in total. The molecular formula is C21H22F6N5O6PS. The fourth-order valence-electron chi connectivity index (χ4n) is 3.34. The second kappa shape index (κ2) is 12.0. The summed E-state index contributed by atoms with van der Waals surface area (Å²) in [7, 11) is -4.92. The van der Waals surface area contributed by atoms with Gasteiger partial charge in [-0.1, -0.05) is 11.8 Å². The summed E-state index contributed by atoms with van der Waals surface area (Å²) >= 11 is 1.24. The molecule has 220 valence electrons. The first-order valence-electron chi connectivity index (χ1n) is 11.4. The molecule has 1 aliphatic heterocycles. The summed E-state index contributed by atoms with van der Waals surface area (Å²) in [5, 5.41) is 0.414. The molecular weight excluding hydrogens is 595 g/mol. The van der Waals surface area contributed by atoms with E-state index in [9.17, 15) is 30.9 Å². The molecule has 3 aromatic rings. The third-order valence-electron chi connectivity index (χ3n) is 5.00. The van der Waals surface area contributed by atoms with Crippen LogP contribution < -0.4 is 15.2 Å². The van der Waals surface area contributed by atoms with Crippen molar-refractivity contribution in [2.75, 3.05) is 38.5 Å². The monoisotopic (exact) mass is 617 g/mol. The molecule has 1 aliphatic rings. The molecule has 40 heavy (non-hydrogen) atoms. The second-order valence-corrected chi connectivity index (χ2v) is 11.4. The van der Waals surface area contributed by atoms with Crippen LogP contribution in [0.15, 0.2) is 34.4 Å². The number of ether oxygens (including phenoxy) is 3. The van der Waals surface area contributed by atoms with E-state index in [0.29, 0.717) is 35.3 Å². The number of benzene rings is 1. The molecule has 1 aromatic carbocycles. The average molecular weight is 617 g/mol. The number of fused-ring (bicyclic) bond motifs is 2. The van der Waals surface area contributed by atoms with E-state index < -0.39 is 45.6 Å². The first-order chi connectivity index (χ1) is 18.7. The number of nitrogen functional groups attached to an aromatic ring is 1. The highest BCUT2D eigenvalue weighted by Crippen LogP contribution is 2.50. The SMILES string of the molecule is CC(Cn1cnc2c(Sc3ccc4c(c3)OCCO4)nc(N)nc21)OCP(=O)(OCC(F)(F)F)OCC(F)(F)F. The largest absolute Gasteiger partial charge is 0.486 e. The number of rotatable bonds is 11. The van der Waals surface area contributed by atoms with Crippen molar-refractivity contribution in [3.05, 3.63) is 24.5 Å². The number of imidazole rings is 1. The maximum atomic E-state index is 12.5. The number of halogens is 6. The Bertz CT molecular complexity index is 1370. The Morgan fingerprint density at radius 1 is 1.07 bits per heavy atom. The van der Waals surface area contributed by atoms with Gasteiger partial charge in [0.1, 0.15) is 30.1 Å². The molecule has 0 spiro atoms. The van der Waals surface area contributed by atoms with Gasteiger partial charge in [0.25, 0.3) is 0 Å². The second-order valence-electron chi connectivity index (χ2n) is 8.36. The van der Waals surface area contributed by atoms with Gasteiger partial charge in [0.2, 0.25) is 5.95 Å². The lowest BCUT2D eigenvalue weighted by Crippen LogP contribution is -2.23. The van der Waals surface area contributed by atoms with Crippen molar-refractivity contribution >= 4 is 36.5 Å². The molecule has 0 aliphatic carbocycles. The van der Waals surface area contributed by atoms with Gasteiger partial charge in [-0.3, -0.25) is 13.6 Å². The lowest BCUT2D eigenvalue weighted by atomic mass is 10.3. The van der Waals surface area contributed by atoms with Gasteiger partial charge in [-0.15, -0.1) is 0 Å². The lowest BCUT2D eigenvalue weighted by molar-refractivity contribution is -0.166. The molecule has 1 unspecified atom stereocenters. The van der Waals surface area contributed by atoms with E-state index in [1.165, 1.54) is 29.6 Å². The Balaban J connectivity index is 1.46. The number of aromatic nitrogens is 4. The van der Waals surface area contributed by atoms with Crippen molar-refractivity contribution in [3.63, 3.8) is 0 Å². The minimum atomic E-state index is -4.95. The first-order valence-corrected chi connectivity index (χ1v) is 13.9. The van der Waals surface area contributed by atoms with Crippen LogP contribution >= 0.6 is 19.4 Å². The van der Waals surface area contributed by atoms with Crippen molar-refractivity contribution < 1.29 is 54.2 Å². The Hall–Kier alpha value is -2.79. The van der Waals surface area contributed by atoms with Crippen LogP contribution in [0.25, 0.3) is 11.2 Å². The summed E-state index contributed by atoms with van der Waals surface area (Å²) in [4.78, 5) is 13.5. The molecule has 0 saturated carbocycles. The van der Waals surface area contributed by atoms with E-state index in [2.05, 4.69) is 24.0 Å². The van der Waals surface area contributed by atoms with Crippen LogP contribution in [-0.2, 0) is 24.9 Å². The number of nitrogens with zero attached hydrogens (tertiary/aromatic N) is 4. The van der Waals surface area contributed by atoms with Gasteiger partial charge in [-0.05, 0) is 25.1 Å². The molecule has 0 bridgehead atoms. The molecule has 4 rings (SSSR count). The molecule has 11 nitrogen and oxygen atoms in total. The maximum Gasteiger partial charge on any atom is 0.412 e. The molecule has 0 fully saturated rings. The Kier molecular flexibility index (Phi) is 9.04. The van der Waals surface area contributed by atoms with Gasteiger partial charge < -0.3 is 24.5 Å². The normalized spacial score (nSPS) is 15.0. The van der Waals surface area contributed by atoms with Gasteiger partial charge in [-0.2, -0.15) is 31.3 Å². The van der Waals surface area contributed by atoms with Gasteiger partial charge in [0.15, 0.2) is 30.4 Å². The lowest BCUT2D eigenvalue weighted by Gasteiger charge is -2.22. The number of anilines is 1. The molecule has 0 radical (unpaired) electrons. The minimum Gasteiger partial charge on any atom is -0.486 e. The highest BCUT2D eigenvalue weighted by atomic mass is 32.2. The summed E-state index contributed by atoms with van der Waals surface area (Å²) in [6.45, 7) is -1.90. The molecule has 3 heterocycles. The average Bonchev–Trinajstić information content (AvgIpc) is 3.27. The molecule has 19 heteroatoms. The van der Waals surface area contributed by atoms with Crippen molar-refractivity contribution in [2.24, 2.45) is 0 Å². The zero-order valence-corrected chi connectivity index (χ0v) is 22.3. The van der Waals surface area contributed by atoms with Crippen molar-refractivity contribution in [1.82, 2.24) is 19.5 Å². The molecule has 2 aromatic heterocycles. The highest BCUT2D eigenvalue weighted by Gasteiger charge is 2.39. The van der Waals surface area contributed by atoms with Crippen LogP contribution in [0.5, 0.6) is 11.5 Å². The minimum absolute atomic E-state index is 0.0420. The Morgan fingerprint density at radius 3 is 2.38 bits per heavy atom. The van der Waals surface area contributed by atoms with E-state index in [1.807, 2.05) is 0 Å². The van der Waals surface area contributed by atoms with Gasteiger partial charge in [0.05, 0.1) is 19.0 Å². The van der Waals surface area contributed by atoms with Crippen molar-refractivity contribution in [1.29, 1.82) is 0 Å². The van der Waals surface area contributed by atoms with E-state index in [4.69, 9.17) is 19.9 Å². The van der Waals surface area contributed by atoms with Crippen LogP contribution in [0.2, 0.25) is 0 Å². The van der Waals surface area contributed by atoms with Gasteiger partial charge in [-0.25, -0.2) is 9.97 Å². The standard InChI is InChI=1S/C21H22F6N5O6PS/c1-12(36-11-39(33,37-8-20(22,23)24)38-9-21(25,26)27)7-32-10-29-16-17(32)30-19(28)31-18(16)40-13-2-3-14-15(6-13)35-5-4-34-14/h2-3,6,10,12H,4-5,7-9,11H2,1H3,(H2,28,30,31).